The van der Waals surface area contributed by atoms with Gasteiger partial charge in [-0.3, -0.25) is 4.79 Å². The van der Waals surface area contributed by atoms with Crippen molar-refractivity contribution >= 4 is 16.8 Å². The standard InChI is InChI=1S/C22H21N5O/c28-22(15-7-2-1-3-8-15)24-19(21-26-25-20-11-6-12-27(20)21)13-16-14-23-18-10-5-4-9-17(16)18/h1-5,7-10,14,19,23H,6,11-13H2,(H,24,28)/t19-/m0/s1. The molecule has 0 unspecified atom stereocenters. The molecule has 0 spiro atoms. The highest BCUT2D eigenvalue weighted by Gasteiger charge is 2.26. The Balaban J connectivity index is 1.50. The zero-order valence-corrected chi connectivity index (χ0v) is 15.4. The maximum Gasteiger partial charge on any atom is 0.251 e. The van der Waals surface area contributed by atoms with Crippen LogP contribution < -0.4 is 5.32 Å². The second-order valence-corrected chi connectivity index (χ2v) is 7.19. The lowest BCUT2D eigenvalue weighted by atomic mass is 10.0. The molecule has 4 aromatic rings. The summed E-state index contributed by atoms with van der Waals surface area (Å²) in [5.41, 5.74) is 2.90. The molecule has 2 aromatic carbocycles. The number of aromatic amines is 1. The Hall–Kier alpha value is -3.41. The number of rotatable bonds is 5. The highest BCUT2D eigenvalue weighted by atomic mass is 16.1. The summed E-state index contributed by atoms with van der Waals surface area (Å²) in [6.07, 6.45) is 4.69. The van der Waals surface area contributed by atoms with Crippen LogP contribution in [0.1, 0.15) is 40.0 Å². The molecular formula is C22H21N5O. The number of carbonyl (C=O) groups excluding carboxylic acids is 1. The Morgan fingerprint density at radius 2 is 1.93 bits per heavy atom. The number of nitrogens with one attached hydrogen (secondary N) is 2. The molecule has 0 aliphatic carbocycles. The first-order valence-corrected chi connectivity index (χ1v) is 9.62. The fourth-order valence-corrected chi connectivity index (χ4v) is 3.99. The predicted molar refractivity (Wildman–Crippen MR) is 107 cm³/mol. The van der Waals surface area contributed by atoms with Gasteiger partial charge in [-0.15, -0.1) is 10.2 Å². The molecule has 140 valence electrons. The average molecular weight is 371 g/mol. The second kappa shape index (κ2) is 6.96. The van der Waals surface area contributed by atoms with Crippen molar-refractivity contribution in [2.45, 2.75) is 31.8 Å². The Morgan fingerprint density at radius 1 is 1.11 bits per heavy atom. The SMILES string of the molecule is O=C(N[C@@H](Cc1c[nH]c2ccccc12)c1nnc2n1CCC2)c1ccccc1. The van der Waals surface area contributed by atoms with E-state index in [9.17, 15) is 4.79 Å². The minimum absolute atomic E-state index is 0.0965. The highest BCUT2D eigenvalue weighted by molar-refractivity contribution is 5.94. The minimum atomic E-state index is -0.244. The van der Waals surface area contributed by atoms with Gasteiger partial charge in [0.25, 0.3) is 5.91 Å². The van der Waals surface area contributed by atoms with Crippen LogP contribution in [-0.2, 0) is 19.4 Å². The topological polar surface area (TPSA) is 75.6 Å². The van der Waals surface area contributed by atoms with E-state index in [2.05, 4.69) is 37.2 Å². The third-order valence-corrected chi connectivity index (χ3v) is 5.39. The molecule has 0 bridgehead atoms. The summed E-state index contributed by atoms with van der Waals surface area (Å²) in [6.45, 7) is 0.906. The fraction of sp³-hybridized carbons (Fsp3) is 0.227. The minimum Gasteiger partial charge on any atom is -0.361 e. The number of benzene rings is 2. The van der Waals surface area contributed by atoms with Crippen LogP contribution in [0.4, 0.5) is 0 Å². The Bertz CT molecular complexity index is 1130. The molecule has 6 heteroatoms. The van der Waals surface area contributed by atoms with Crippen LogP contribution in [0.3, 0.4) is 0 Å². The highest BCUT2D eigenvalue weighted by Crippen LogP contribution is 2.26. The molecule has 28 heavy (non-hydrogen) atoms. The number of nitrogens with zero attached hydrogens (tertiary/aromatic N) is 3. The van der Waals surface area contributed by atoms with E-state index in [0.29, 0.717) is 12.0 Å². The van der Waals surface area contributed by atoms with E-state index in [1.54, 1.807) is 0 Å². The van der Waals surface area contributed by atoms with E-state index in [0.717, 1.165) is 42.1 Å². The van der Waals surface area contributed by atoms with Crippen LogP contribution in [0.5, 0.6) is 0 Å². The lowest BCUT2D eigenvalue weighted by molar-refractivity contribution is 0.0934. The van der Waals surface area contributed by atoms with Gasteiger partial charge in [-0.05, 0) is 30.2 Å². The molecule has 1 aliphatic rings. The molecule has 1 atom stereocenters. The normalized spacial score (nSPS) is 14.1. The van der Waals surface area contributed by atoms with Crippen molar-refractivity contribution in [3.8, 4) is 0 Å². The van der Waals surface area contributed by atoms with Crippen molar-refractivity contribution in [2.75, 3.05) is 0 Å². The quantitative estimate of drug-likeness (QED) is 0.564. The van der Waals surface area contributed by atoms with Gasteiger partial charge >= 0.3 is 0 Å². The number of aromatic nitrogens is 4. The summed E-state index contributed by atoms with van der Waals surface area (Å²) in [5, 5.41) is 13.1. The number of H-pyrrole nitrogens is 1. The van der Waals surface area contributed by atoms with Gasteiger partial charge in [0.15, 0.2) is 5.82 Å². The van der Waals surface area contributed by atoms with E-state index < -0.39 is 0 Å². The number of carbonyl (C=O) groups is 1. The van der Waals surface area contributed by atoms with Crippen molar-refractivity contribution in [1.82, 2.24) is 25.1 Å². The van der Waals surface area contributed by atoms with E-state index in [1.807, 2.05) is 48.7 Å². The van der Waals surface area contributed by atoms with Crippen molar-refractivity contribution in [2.24, 2.45) is 0 Å². The van der Waals surface area contributed by atoms with E-state index >= 15 is 0 Å². The van der Waals surface area contributed by atoms with Gasteiger partial charge in [0.2, 0.25) is 0 Å². The molecule has 0 saturated heterocycles. The first kappa shape index (κ1) is 16.7. The molecular weight excluding hydrogens is 350 g/mol. The van der Waals surface area contributed by atoms with Crippen molar-refractivity contribution in [1.29, 1.82) is 0 Å². The van der Waals surface area contributed by atoms with Crippen LogP contribution >= 0.6 is 0 Å². The summed E-state index contributed by atoms with van der Waals surface area (Å²) >= 11 is 0. The molecule has 0 fully saturated rings. The molecule has 1 aliphatic heterocycles. The largest absolute Gasteiger partial charge is 0.361 e. The molecule has 6 nitrogen and oxygen atoms in total. The first-order valence-electron chi connectivity index (χ1n) is 9.62. The van der Waals surface area contributed by atoms with E-state index in [-0.39, 0.29) is 11.9 Å². The molecule has 3 heterocycles. The Kier molecular flexibility index (Phi) is 4.16. The summed E-state index contributed by atoms with van der Waals surface area (Å²) < 4.78 is 2.16. The molecule has 0 saturated carbocycles. The number of hydrogen-bond acceptors (Lipinski definition) is 3. The summed E-state index contributed by atoms with van der Waals surface area (Å²) in [6, 6.07) is 17.3. The maximum absolute atomic E-state index is 12.9. The molecule has 2 aromatic heterocycles. The Morgan fingerprint density at radius 3 is 2.82 bits per heavy atom. The monoisotopic (exact) mass is 371 g/mol. The van der Waals surface area contributed by atoms with Gasteiger partial charge in [0.1, 0.15) is 5.82 Å². The Labute approximate surface area is 162 Å². The van der Waals surface area contributed by atoms with Crippen molar-refractivity contribution in [3.05, 3.63) is 83.6 Å². The average Bonchev–Trinajstić information content (AvgIpc) is 3.44. The van der Waals surface area contributed by atoms with Crippen LogP contribution in [0.25, 0.3) is 10.9 Å². The molecule has 2 N–H and O–H groups in total. The molecule has 1 amide bonds. The molecule has 5 rings (SSSR count). The van der Waals surface area contributed by atoms with Crippen LogP contribution in [0, 0.1) is 0 Å². The lowest BCUT2D eigenvalue weighted by Gasteiger charge is -2.18. The predicted octanol–water partition coefficient (Wildman–Crippen LogP) is 3.42. The fourth-order valence-electron chi connectivity index (χ4n) is 3.99. The third-order valence-electron chi connectivity index (χ3n) is 5.39. The van der Waals surface area contributed by atoms with Gasteiger partial charge < -0.3 is 14.9 Å². The number of fused-ring (bicyclic) bond motifs is 2. The van der Waals surface area contributed by atoms with E-state index in [4.69, 9.17) is 0 Å². The van der Waals surface area contributed by atoms with Gasteiger partial charge in [-0.25, -0.2) is 0 Å². The number of amides is 1. The van der Waals surface area contributed by atoms with Crippen LogP contribution in [0.15, 0.2) is 60.8 Å². The number of aryl methyl sites for hydroxylation is 1. The van der Waals surface area contributed by atoms with Crippen molar-refractivity contribution < 1.29 is 4.79 Å². The van der Waals surface area contributed by atoms with Gasteiger partial charge in [0, 0.05) is 42.0 Å². The van der Waals surface area contributed by atoms with Gasteiger partial charge in [-0.2, -0.15) is 0 Å². The summed E-state index contributed by atoms with van der Waals surface area (Å²) in [7, 11) is 0. The second-order valence-electron chi connectivity index (χ2n) is 7.19. The van der Waals surface area contributed by atoms with Crippen LogP contribution in [-0.4, -0.2) is 25.7 Å². The molecule has 0 radical (unpaired) electrons. The number of hydrogen-bond donors (Lipinski definition) is 2. The van der Waals surface area contributed by atoms with E-state index in [1.165, 1.54) is 5.39 Å². The maximum atomic E-state index is 12.9. The van der Waals surface area contributed by atoms with Crippen LogP contribution in [0.2, 0.25) is 0 Å². The van der Waals surface area contributed by atoms with Gasteiger partial charge in [-0.1, -0.05) is 36.4 Å². The number of para-hydroxylation sites is 1. The summed E-state index contributed by atoms with van der Waals surface area (Å²) in [4.78, 5) is 16.2. The van der Waals surface area contributed by atoms with Crippen molar-refractivity contribution in [3.63, 3.8) is 0 Å². The zero-order valence-electron chi connectivity index (χ0n) is 15.4. The lowest BCUT2D eigenvalue weighted by Crippen LogP contribution is -2.32. The third kappa shape index (κ3) is 2.97. The zero-order chi connectivity index (χ0) is 18.9. The van der Waals surface area contributed by atoms with Gasteiger partial charge in [0.05, 0.1) is 6.04 Å². The summed E-state index contributed by atoms with van der Waals surface area (Å²) in [5.74, 6) is 1.75. The smallest absolute Gasteiger partial charge is 0.251 e. The first-order chi connectivity index (χ1) is 13.8.